The molecule has 1 aliphatic carbocycles. The summed E-state index contributed by atoms with van der Waals surface area (Å²) in [5.74, 6) is 0.627. The predicted octanol–water partition coefficient (Wildman–Crippen LogP) is 4.88. The van der Waals surface area contributed by atoms with E-state index in [0.717, 1.165) is 37.0 Å². The van der Waals surface area contributed by atoms with E-state index in [1.807, 2.05) is 6.07 Å². The topological polar surface area (TPSA) is 81.2 Å². The number of anilines is 1. The van der Waals surface area contributed by atoms with Gasteiger partial charge in [-0.3, -0.25) is 4.79 Å². The van der Waals surface area contributed by atoms with Crippen molar-refractivity contribution in [1.82, 2.24) is 10.5 Å². The second-order valence-electron chi connectivity index (χ2n) is 8.28. The Morgan fingerprint density at radius 3 is 2.58 bits per heavy atom. The fourth-order valence-corrected chi connectivity index (χ4v) is 4.68. The summed E-state index contributed by atoms with van der Waals surface area (Å²) in [4.78, 5) is 15.0. The number of nitrogens with one attached hydrogen (secondary N) is 1. The lowest BCUT2D eigenvalue weighted by Gasteiger charge is -2.37. The first-order valence-corrected chi connectivity index (χ1v) is 10.3. The van der Waals surface area contributed by atoms with Gasteiger partial charge in [-0.25, -0.2) is 0 Å². The summed E-state index contributed by atoms with van der Waals surface area (Å²) in [5.41, 5.74) is 7.17. The molecule has 1 amide bonds. The molecule has 3 N–H and O–H groups in total. The Labute approximate surface area is 159 Å². The minimum Gasteiger partial charge on any atom is -0.367 e. The molecule has 0 atom stereocenters. The number of amides is 1. The van der Waals surface area contributed by atoms with Crippen LogP contribution in [-0.4, -0.2) is 17.1 Å². The van der Waals surface area contributed by atoms with Gasteiger partial charge in [0.05, 0.1) is 4.88 Å². The Morgan fingerprint density at radius 2 is 2.00 bits per heavy atom. The van der Waals surface area contributed by atoms with E-state index < -0.39 is 0 Å². The van der Waals surface area contributed by atoms with Crippen LogP contribution >= 0.6 is 11.3 Å². The molecule has 1 saturated carbocycles. The molecule has 0 aromatic carbocycles. The third-order valence-corrected chi connectivity index (χ3v) is 6.71. The molecule has 0 unspecified atom stereocenters. The zero-order chi connectivity index (χ0) is 18.9. The fraction of sp³-hybridized carbons (Fsp3) is 0.600. The van der Waals surface area contributed by atoms with Crippen LogP contribution in [0.2, 0.25) is 0 Å². The summed E-state index contributed by atoms with van der Waals surface area (Å²) >= 11 is 1.62. The van der Waals surface area contributed by atoms with Gasteiger partial charge in [0.15, 0.2) is 0 Å². The number of nitrogen functional groups attached to an aromatic ring is 1. The highest BCUT2D eigenvalue weighted by Gasteiger charge is 2.31. The molecule has 0 saturated heterocycles. The molecule has 0 bridgehead atoms. The van der Waals surface area contributed by atoms with Gasteiger partial charge >= 0.3 is 0 Å². The molecule has 0 aliphatic heterocycles. The number of nitrogens with two attached hydrogens (primary N) is 1. The second-order valence-corrected chi connectivity index (χ2v) is 9.45. The van der Waals surface area contributed by atoms with Crippen LogP contribution in [0, 0.1) is 11.3 Å². The number of hydrogen-bond acceptors (Lipinski definition) is 5. The van der Waals surface area contributed by atoms with Crippen molar-refractivity contribution >= 4 is 23.1 Å². The van der Waals surface area contributed by atoms with Crippen molar-refractivity contribution in [3.05, 3.63) is 22.6 Å². The SMILES string of the molecule is CCc1ccc(-c2noc(N)c2C(=O)NC2CCC(C(C)(C)C)CC2)s1. The van der Waals surface area contributed by atoms with Crippen LogP contribution < -0.4 is 11.1 Å². The smallest absolute Gasteiger partial charge is 0.259 e. The first kappa shape index (κ1) is 19.0. The van der Waals surface area contributed by atoms with E-state index in [0.29, 0.717) is 22.6 Å². The zero-order valence-corrected chi connectivity index (χ0v) is 16.9. The molecule has 6 heteroatoms. The highest BCUT2D eigenvalue weighted by atomic mass is 32.1. The standard InChI is InChI=1S/C20H29N3O2S/c1-5-14-10-11-15(26-14)17-16(18(21)25-23-17)19(24)22-13-8-6-12(7-9-13)20(2,3)4/h10-13H,5-9,21H2,1-4H3,(H,22,24). The molecule has 3 rings (SSSR count). The third kappa shape index (κ3) is 3.95. The van der Waals surface area contributed by atoms with Gasteiger partial charge in [0, 0.05) is 10.9 Å². The molecule has 0 spiro atoms. The van der Waals surface area contributed by atoms with E-state index >= 15 is 0 Å². The van der Waals surface area contributed by atoms with Crippen LogP contribution in [0.15, 0.2) is 16.7 Å². The van der Waals surface area contributed by atoms with Gasteiger partial charge in [-0.15, -0.1) is 11.3 Å². The van der Waals surface area contributed by atoms with Crippen molar-refractivity contribution < 1.29 is 9.32 Å². The molecular weight excluding hydrogens is 346 g/mol. The van der Waals surface area contributed by atoms with Crippen molar-refractivity contribution in [2.45, 2.75) is 65.8 Å². The molecule has 2 heterocycles. The second kappa shape index (κ2) is 7.43. The van der Waals surface area contributed by atoms with Gasteiger partial charge in [-0.05, 0) is 55.6 Å². The van der Waals surface area contributed by atoms with Gasteiger partial charge in [0.25, 0.3) is 5.91 Å². The third-order valence-electron chi connectivity index (χ3n) is 5.48. The van der Waals surface area contributed by atoms with Gasteiger partial charge in [0.1, 0.15) is 11.3 Å². The van der Waals surface area contributed by atoms with Crippen LogP contribution in [0.25, 0.3) is 10.6 Å². The predicted molar refractivity (Wildman–Crippen MR) is 106 cm³/mol. The van der Waals surface area contributed by atoms with E-state index in [1.54, 1.807) is 11.3 Å². The number of hydrogen-bond donors (Lipinski definition) is 2. The van der Waals surface area contributed by atoms with Gasteiger partial charge in [0.2, 0.25) is 5.88 Å². The molecule has 5 nitrogen and oxygen atoms in total. The van der Waals surface area contributed by atoms with Crippen molar-refractivity contribution in [2.24, 2.45) is 11.3 Å². The molecule has 0 radical (unpaired) electrons. The number of nitrogens with zero attached hydrogens (tertiary/aromatic N) is 1. The highest BCUT2D eigenvalue weighted by Crippen LogP contribution is 2.38. The Morgan fingerprint density at radius 1 is 1.31 bits per heavy atom. The maximum Gasteiger partial charge on any atom is 0.259 e. The lowest BCUT2D eigenvalue weighted by molar-refractivity contribution is 0.0905. The molecule has 1 fully saturated rings. The Balaban J connectivity index is 1.70. The maximum atomic E-state index is 12.9. The van der Waals surface area contributed by atoms with E-state index in [1.165, 1.54) is 4.88 Å². The van der Waals surface area contributed by atoms with E-state index in [-0.39, 0.29) is 17.8 Å². The summed E-state index contributed by atoms with van der Waals surface area (Å²) < 4.78 is 5.14. The van der Waals surface area contributed by atoms with Crippen LogP contribution in [0.5, 0.6) is 0 Å². The number of thiophene rings is 1. The van der Waals surface area contributed by atoms with Gasteiger partial charge < -0.3 is 15.6 Å². The molecule has 1 aliphatic rings. The lowest BCUT2D eigenvalue weighted by atomic mass is 9.71. The van der Waals surface area contributed by atoms with Crippen molar-refractivity contribution in [1.29, 1.82) is 0 Å². The van der Waals surface area contributed by atoms with Crippen LogP contribution in [0.3, 0.4) is 0 Å². The summed E-state index contributed by atoms with van der Waals surface area (Å²) in [6, 6.07) is 4.23. The van der Waals surface area contributed by atoms with Gasteiger partial charge in [-0.1, -0.05) is 32.9 Å². The zero-order valence-electron chi connectivity index (χ0n) is 16.1. The van der Waals surface area contributed by atoms with Crippen molar-refractivity contribution in [3.63, 3.8) is 0 Å². The Bertz CT molecular complexity index is 764. The van der Waals surface area contributed by atoms with E-state index in [9.17, 15) is 4.79 Å². The number of carbonyl (C=O) groups is 1. The average Bonchev–Trinajstić information content (AvgIpc) is 3.20. The highest BCUT2D eigenvalue weighted by molar-refractivity contribution is 7.15. The largest absolute Gasteiger partial charge is 0.367 e. The van der Waals surface area contributed by atoms with Crippen LogP contribution in [0.4, 0.5) is 5.88 Å². The quantitative estimate of drug-likeness (QED) is 0.798. The summed E-state index contributed by atoms with van der Waals surface area (Å²) in [5, 5.41) is 7.19. The summed E-state index contributed by atoms with van der Waals surface area (Å²) in [6.07, 6.45) is 5.26. The first-order valence-electron chi connectivity index (χ1n) is 9.44. The first-order chi connectivity index (χ1) is 12.3. The summed E-state index contributed by atoms with van der Waals surface area (Å²) in [7, 11) is 0. The van der Waals surface area contributed by atoms with Crippen molar-refractivity contribution in [2.75, 3.05) is 5.73 Å². The normalized spacial score (nSPS) is 20.9. The Hall–Kier alpha value is -1.82. The van der Waals surface area contributed by atoms with Crippen molar-refractivity contribution in [3.8, 4) is 10.6 Å². The van der Waals surface area contributed by atoms with E-state index in [2.05, 4.69) is 44.2 Å². The summed E-state index contributed by atoms with van der Waals surface area (Å²) in [6.45, 7) is 9.00. The fourth-order valence-electron chi connectivity index (χ4n) is 3.75. The number of carbonyl (C=O) groups excluding carboxylic acids is 1. The number of aryl methyl sites for hydroxylation is 1. The van der Waals surface area contributed by atoms with Crippen LogP contribution in [-0.2, 0) is 6.42 Å². The van der Waals surface area contributed by atoms with E-state index in [4.69, 9.17) is 10.3 Å². The Kier molecular flexibility index (Phi) is 5.42. The number of rotatable bonds is 4. The maximum absolute atomic E-state index is 12.9. The minimum absolute atomic E-state index is 0.0901. The minimum atomic E-state index is -0.176. The van der Waals surface area contributed by atoms with Crippen LogP contribution in [0.1, 0.15) is 68.6 Å². The lowest BCUT2D eigenvalue weighted by Crippen LogP contribution is -2.39. The molecule has 2 aromatic heterocycles. The average molecular weight is 376 g/mol. The monoisotopic (exact) mass is 375 g/mol. The molecule has 2 aromatic rings. The van der Waals surface area contributed by atoms with Gasteiger partial charge in [-0.2, -0.15) is 0 Å². The molecule has 142 valence electrons. The number of aromatic nitrogens is 1. The molecular formula is C20H29N3O2S. The molecule has 26 heavy (non-hydrogen) atoms.